The molecule has 1 saturated heterocycles. The normalized spacial score (nSPS) is 17.3. The van der Waals surface area contributed by atoms with Gasteiger partial charge in [-0.25, -0.2) is 0 Å². The third-order valence-electron chi connectivity index (χ3n) is 4.55. The van der Waals surface area contributed by atoms with E-state index in [1.807, 2.05) is 4.90 Å². The molecule has 1 aliphatic heterocycles. The van der Waals surface area contributed by atoms with Crippen molar-refractivity contribution < 1.29 is 4.79 Å². The molecule has 0 radical (unpaired) electrons. The van der Waals surface area contributed by atoms with Gasteiger partial charge in [-0.1, -0.05) is 18.2 Å². The Morgan fingerprint density at radius 3 is 2.59 bits per heavy atom. The molecule has 0 spiro atoms. The molecule has 5 heteroatoms. The number of nitrogens with one attached hydrogen (secondary N) is 1. The van der Waals surface area contributed by atoms with Gasteiger partial charge >= 0.3 is 0 Å². The fraction of sp³-hybridized carbons (Fsp3) is 0.471. The number of H-pyrrole nitrogens is 1. The summed E-state index contributed by atoms with van der Waals surface area (Å²) in [5.41, 5.74) is 9.59. The Morgan fingerprint density at radius 1 is 1.32 bits per heavy atom. The number of piperidine rings is 1. The Morgan fingerprint density at radius 2 is 1.95 bits per heavy atom. The number of amides is 1. The number of nitrogens with zero attached hydrogens (tertiary/aromatic N) is 1. The highest BCUT2D eigenvalue weighted by Gasteiger charge is 2.27. The number of aryl methyl sites for hydroxylation is 1. The highest BCUT2D eigenvalue weighted by atomic mass is 35.5. The Bertz CT molecular complexity index is 657. The van der Waals surface area contributed by atoms with Crippen molar-refractivity contribution in [3.05, 3.63) is 35.5 Å². The first-order valence-corrected chi connectivity index (χ1v) is 7.69. The minimum Gasteiger partial charge on any atom is -0.358 e. The van der Waals surface area contributed by atoms with Crippen LogP contribution in [-0.4, -0.2) is 34.9 Å². The first-order chi connectivity index (χ1) is 10.1. The predicted molar refractivity (Wildman–Crippen MR) is 92.5 cm³/mol. The van der Waals surface area contributed by atoms with Crippen LogP contribution in [0, 0.1) is 6.92 Å². The number of nitrogens with two attached hydrogens (primary N) is 1. The maximum atomic E-state index is 12.0. The van der Waals surface area contributed by atoms with E-state index in [9.17, 15) is 4.79 Å². The summed E-state index contributed by atoms with van der Waals surface area (Å²) in [6, 6.07) is 8.07. The van der Waals surface area contributed by atoms with Gasteiger partial charge in [0, 0.05) is 29.7 Å². The zero-order valence-electron chi connectivity index (χ0n) is 13.1. The molecule has 0 bridgehead atoms. The average Bonchev–Trinajstić information content (AvgIpc) is 2.82. The number of hydrogen-bond donors (Lipinski definition) is 2. The summed E-state index contributed by atoms with van der Waals surface area (Å²) < 4.78 is 0. The van der Waals surface area contributed by atoms with Crippen LogP contribution in [0.3, 0.4) is 0 Å². The number of benzene rings is 1. The fourth-order valence-electron chi connectivity index (χ4n) is 3.50. The summed E-state index contributed by atoms with van der Waals surface area (Å²) in [4.78, 5) is 17.3. The first-order valence-electron chi connectivity index (χ1n) is 7.69. The van der Waals surface area contributed by atoms with Gasteiger partial charge in [0.05, 0.1) is 6.04 Å². The zero-order chi connectivity index (χ0) is 15.0. The molecule has 3 rings (SSSR count). The van der Waals surface area contributed by atoms with Crippen LogP contribution < -0.4 is 5.73 Å². The maximum absolute atomic E-state index is 12.0. The van der Waals surface area contributed by atoms with E-state index in [2.05, 4.69) is 36.2 Å². The molecule has 1 unspecified atom stereocenters. The molecule has 2 heterocycles. The van der Waals surface area contributed by atoms with Gasteiger partial charge in [-0.15, -0.1) is 12.4 Å². The minimum atomic E-state index is -0.392. The van der Waals surface area contributed by atoms with Gasteiger partial charge < -0.3 is 15.6 Å². The molecule has 1 aromatic carbocycles. The van der Waals surface area contributed by atoms with Crippen LogP contribution in [0.2, 0.25) is 0 Å². The number of para-hydroxylation sites is 1. The van der Waals surface area contributed by atoms with Crippen LogP contribution in [0.5, 0.6) is 0 Å². The molecule has 0 aliphatic carbocycles. The monoisotopic (exact) mass is 321 g/mol. The smallest absolute Gasteiger partial charge is 0.239 e. The van der Waals surface area contributed by atoms with E-state index in [1.165, 1.54) is 22.2 Å². The van der Waals surface area contributed by atoms with Crippen molar-refractivity contribution in [3.8, 4) is 0 Å². The van der Waals surface area contributed by atoms with Crippen molar-refractivity contribution in [2.75, 3.05) is 13.1 Å². The second kappa shape index (κ2) is 6.71. The van der Waals surface area contributed by atoms with Gasteiger partial charge in [0.15, 0.2) is 0 Å². The van der Waals surface area contributed by atoms with Gasteiger partial charge in [0.25, 0.3) is 0 Å². The summed E-state index contributed by atoms with van der Waals surface area (Å²) in [6.07, 6.45) is 2.03. The van der Waals surface area contributed by atoms with Crippen molar-refractivity contribution in [3.63, 3.8) is 0 Å². The highest BCUT2D eigenvalue weighted by molar-refractivity contribution is 5.86. The molecular formula is C17H24ClN3O. The Hall–Kier alpha value is -1.52. The van der Waals surface area contributed by atoms with E-state index in [0.29, 0.717) is 5.92 Å². The molecule has 0 saturated carbocycles. The molecule has 1 atom stereocenters. The SMILES string of the molecule is Cc1[nH]c2ccccc2c1C1CCN(C(=O)C(C)N)CC1.Cl. The quantitative estimate of drug-likeness (QED) is 0.893. The third kappa shape index (κ3) is 2.99. The summed E-state index contributed by atoms with van der Waals surface area (Å²) in [5.74, 6) is 0.599. The van der Waals surface area contributed by atoms with E-state index in [0.717, 1.165) is 25.9 Å². The van der Waals surface area contributed by atoms with Crippen molar-refractivity contribution in [1.29, 1.82) is 0 Å². The fourth-order valence-corrected chi connectivity index (χ4v) is 3.50. The van der Waals surface area contributed by atoms with E-state index >= 15 is 0 Å². The molecular weight excluding hydrogens is 298 g/mol. The summed E-state index contributed by atoms with van der Waals surface area (Å²) in [6.45, 7) is 5.53. The van der Waals surface area contributed by atoms with E-state index in [1.54, 1.807) is 6.92 Å². The summed E-state index contributed by atoms with van der Waals surface area (Å²) in [5, 5.41) is 1.33. The number of hydrogen-bond acceptors (Lipinski definition) is 2. The van der Waals surface area contributed by atoms with Gasteiger partial charge in [-0.2, -0.15) is 0 Å². The number of likely N-dealkylation sites (tertiary alicyclic amines) is 1. The van der Waals surface area contributed by atoms with Crippen molar-refractivity contribution >= 4 is 29.2 Å². The Kier molecular flexibility index (Phi) is 5.14. The molecule has 4 nitrogen and oxygen atoms in total. The maximum Gasteiger partial charge on any atom is 0.239 e. The number of halogens is 1. The second-order valence-electron chi connectivity index (χ2n) is 6.10. The van der Waals surface area contributed by atoms with Crippen LogP contribution in [0.4, 0.5) is 0 Å². The lowest BCUT2D eigenvalue weighted by molar-refractivity contribution is -0.133. The lowest BCUT2D eigenvalue weighted by atomic mass is 9.87. The van der Waals surface area contributed by atoms with E-state index < -0.39 is 6.04 Å². The summed E-state index contributed by atoms with van der Waals surface area (Å²) in [7, 11) is 0. The van der Waals surface area contributed by atoms with Gasteiger partial charge in [0.2, 0.25) is 5.91 Å². The van der Waals surface area contributed by atoms with Crippen molar-refractivity contribution in [2.45, 2.75) is 38.6 Å². The lowest BCUT2D eigenvalue weighted by Gasteiger charge is -2.33. The van der Waals surface area contributed by atoms with Crippen LogP contribution in [-0.2, 0) is 4.79 Å². The third-order valence-corrected chi connectivity index (χ3v) is 4.55. The predicted octanol–water partition coefficient (Wildman–Crippen LogP) is 2.95. The molecule has 1 aliphatic rings. The van der Waals surface area contributed by atoms with E-state index in [-0.39, 0.29) is 18.3 Å². The van der Waals surface area contributed by atoms with E-state index in [4.69, 9.17) is 5.73 Å². The largest absolute Gasteiger partial charge is 0.358 e. The van der Waals surface area contributed by atoms with Gasteiger partial charge in [0.1, 0.15) is 0 Å². The Labute approximate surface area is 137 Å². The van der Waals surface area contributed by atoms with Crippen LogP contribution in [0.25, 0.3) is 10.9 Å². The van der Waals surface area contributed by atoms with Gasteiger partial charge in [-0.05, 0) is 44.2 Å². The molecule has 120 valence electrons. The molecule has 1 amide bonds. The number of carbonyl (C=O) groups is 1. The van der Waals surface area contributed by atoms with Crippen LogP contribution >= 0.6 is 12.4 Å². The second-order valence-corrected chi connectivity index (χ2v) is 6.10. The first kappa shape index (κ1) is 16.8. The lowest BCUT2D eigenvalue weighted by Crippen LogP contribution is -2.45. The molecule has 1 fully saturated rings. The minimum absolute atomic E-state index is 0. The standard InChI is InChI=1S/C17H23N3O.ClH/c1-11(18)17(21)20-9-7-13(8-10-20)16-12(2)19-15-6-4-3-5-14(15)16;/h3-6,11,13,19H,7-10,18H2,1-2H3;1H. The molecule has 3 N–H and O–H groups in total. The van der Waals surface area contributed by atoms with Crippen LogP contribution in [0.15, 0.2) is 24.3 Å². The van der Waals surface area contributed by atoms with Crippen LogP contribution in [0.1, 0.15) is 36.9 Å². The number of aromatic nitrogens is 1. The molecule has 1 aromatic heterocycles. The number of fused-ring (bicyclic) bond motifs is 1. The number of rotatable bonds is 2. The van der Waals surface area contributed by atoms with Gasteiger partial charge in [-0.3, -0.25) is 4.79 Å². The average molecular weight is 322 g/mol. The number of aromatic amines is 1. The van der Waals surface area contributed by atoms with Crippen molar-refractivity contribution in [2.24, 2.45) is 5.73 Å². The number of carbonyl (C=O) groups excluding carboxylic acids is 1. The van der Waals surface area contributed by atoms with Crippen molar-refractivity contribution in [1.82, 2.24) is 9.88 Å². The molecule has 22 heavy (non-hydrogen) atoms. The summed E-state index contributed by atoms with van der Waals surface area (Å²) >= 11 is 0. The Balaban J connectivity index is 0.00000176. The molecule has 2 aromatic rings. The topological polar surface area (TPSA) is 62.1 Å². The zero-order valence-corrected chi connectivity index (χ0v) is 14.0. The highest BCUT2D eigenvalue weighted by Crippen LogP contribution is 2.35.